The Labute approximate surface area is 147 Å². The Balaban J connectivity index is 1.39. The van der Waals surface area contributed by atoms with Crippen LogP contribution in [0.25, 0.3) is 11.0 Å². The number of hydrogen-bond donors (Lipinski definition) is 2. The van der Waals surface area contributed by atoms with Crippen LogP contribution in [0.5, 0.6) is 0 Å². The minimum atomic E-state index is -0.186. The highest BCUT2D eigenvalue weighted by Crippen LogP contribution is 2.28. The van der Waals surface area contributed by atoms with Crippen LogP contribution in [0.2, 0.25) is 0 Å². The van der Waals surface area contributed by atoms with Gasteiger partial charge < -0.3 is 10.6 Å². The number of carbonyl (C=O) groups is 2. The maximum atomic E-state index is 12.1. The van der Waals surface area contributed by atoms with E-state index in [0.29, 0.717) is 25.8 Å². The van der Waals surface area contributed by atoms with Crippen LogP contribution in [-0.2, 0) is 16.1 Å². The minimum Gasteiger partial charge on any atom is -0.356 e. The molecule has 2 N–H and O–H groups in total. The first-order chi connectivity index (χ1) is 12.1. The maximum absolute atomic E-state index is 12.1. The van der Waals surface area contributed by atoms with Crippen molar-refractivity contribution in [2.24, 2.45) is 0 Å². The van der Waals surface area contributed by atoms with E-state index in [1.165, 1.54) is 0 Å². The Kier molecular flexibility index (Phi) is 5.31. The molecular formula is C18H25N5O2. The molecule has 2 heterocycles. The maximum Gasteiger partial charge on any atom is 0.220 e. The topological polar surface area (TPSA) is 88.9 Å². The van der Waals surface area contributed by atoms with Crippen molar-refractivity contribution < 1.29 is 9.59 Å². The molecule has 1 aromatic heterocycles. The monoisotopic (exact) mass is 343 g/mol. The number of nitrogens with zero attached hydrogens (tertiary/aromatic N) is 3. The van der Waals surface area contributed by atoms with Crippen molar-refractivity contribution in [3.63, 3.8) is 0 Å². The quantitative estimate of drug-likeness (QED) is 0.715. The van der Waals surface area contributed by atoms with Crippen LogP contribution >= 0.6 is 0 Å². The molecule has 1 aliphatic rings. The third-order valence-electron chi connectivity index (χ3n) is 5.03. The molecule has 7 heteroatoms. The molecule has 1 unspecified atom stereocenters. The van der Waals surface area contributed by atoms with E-state index in [-0.39, 0.29) is 17.4 Å². The summed E-state index contributed by atoms with van der Waals surface area (Å²) in [6, 6.07) is 7.84. The Morgan fingerprint density at radius 1 is 1.40 bits per heavy atom. The van der Waals surface area contributed by atoms with Crippen LogP contribution in [0.15, 0.2) is 24.3 Å². The third kappa shape index (κ3) is 4.15. The van der Waals surface area contributed by atoms with Crippen molar-refractivity contribution in [1.82, 2.24) is 25.6 Å². The van der Waals surface area contributed by atoms with E-state index in [4.69, 9.17) is 0 Å². The van der Waals surface area contributed by atoms with Crippen molar-refractivity contribution in [3.8, 4) is 0 Å². The van der Waals surface area contributed by atoms with Crippen molar-refractivity contribution in [2.75, 3.05) is 6.54 Å². The molecule has 1 atom stereocenters. The summed E-state index contributed by atoms with van der Waals surface area (Å²) in [4.78, 5) is 23.5. The smallest absolute Gasteiger partial charge is 0.220 e. The van der Waals surface area contributed by atoms with Gasteiger partial charge in [-0.15, -0.1) is 5.10 Å². The first-order valence-electron chi connectivity index (χ1n) is 8.98. The van der Waals surface area contributed by atoms with Crippen LogP contribution in [0.4, 0.5) is 0 Å². The SMILES string of the molecule is CCC1(CCC(=O)NCCCn2nnc3ccccc32)CCC(=O)N1. The highest BCUT2D eigenvalue weighted by Gasteiger charge is 2.35. The second-order valence-electron chi connectivity index (χ2n) is 6.69. The van der Waals surface area contributed by atoms with Gasteiger partial charge in [0.2, 0.25) is 11.8 Å². The van der Waals surface area contributed by atoms with Gasteiger partial charge >= 0.3 is 0 Å². The Morgan fingerprint density at radius 2 is 2.24 bits per heavy atom. The highest BCUT2D eigenvalue weighted by molar-refractivity contribution is 5.80. The van der Waals surface area contributed by atoms with Gasteiger partial charge in [0, 0.05) is 31.5 Å². The van der Waals surface area contributed by atoms with Gasteiger partial charge in [-0.1, -0.05) is 24.3 Å². The van der Waals surface area contributed by atoms with Crippen LogP contribution in [0.1, 0.15) is 45.4 Å². The number of carbonyl (C=O) groups excluding carboxylic acids is 2. The van der Waals surface area contributed by atoms with Gasteiger partial charge in [0.1, 0.15) is 5.52 Å². The largest absolute Gasteiger partial charge is 0.356 e. The molecule has 1 saturated heterocycles. The lowest BCUT2D eigenvalue weighted by Crippen LogP contribution is -2.42. The fourth-order valence-electron chi connectivity index (χ4n) is 3.38. The zero-order valence-electron chi connectivity index (χ0n) is 14.6. The van der Waals surface area contributed by atoms with Gasteiger partial charge in [0.15, 0.2) is 0 Å². The van der Waals surface area contributed by atoms with Crippen LogP contribution < -0.4 is 10.6 Å². The molecule has 1 aromatic carbocycles. The molecule has 1 fully saturated rings. The van der Waals surface area contributed by atoms with Crippen LogP contribution in [0, 0.1) is 0 Å². The molecule has 2 amide bonds. The summed E-state index contributed by atoms with van der Waals surface area (Å²) in [5, 5.41) is 14.3. The molecule has 0 aliphatic carbocycles. The fraction of sp³-hybridized carbons (Fsp3) is 0.556. The van der Waals surface area contributed by atoms with Crippen molar-refractivity contribution in [2.45, 2.75) is 57.5 Å². The third-order valence-corrected chi connectivity index (χ3v) is 5.03. The van der Waals surface area contributed by atoms with Gasteiger partial charge in [0.25, 0.3) is 0 Å². The predicted molar refractivity (Wildman–Crippen MR) is 94.8 cm³/mol. The predicted octanol–water partition coefficient (Wildman–Crippen LogP) is 1.78. The summed E-state index contributed by atoms with van der Waals surface area (Å²) in [6.45, 7) is 3.39. The summed E-state index contributed by atoms with van der Waals surface area (Å²) in [7, 11) is 0. The molecule has 0 spiro atoms. The van der Waals surface area contributed by atoms with Crippen LogP contribution in [0.3, 0.4) is 0 Å². The lowest BCUT2D eigenvalue weighted by atomic mass is 9.89. The highest BCUT2D eigenvalue weighted by atomic mass is 16.2. The number of rotatable bonds is 8. The summed E-state index contributed by atoms with van der Waals surface area (Å²) < 4.78 is 1.86. The minimum absolute atomic E-state index is 0.0393. The van der Waals surface area contributed by atoms with Crippen molar-refractivity contribution in [1.29, 1.82) is 0 Å². The number of para-hydroxylation sites is 1. The average Bonchev–Trinajstić information content (AvgIpc) is 3.21. The van der Waals surface area contributed by atoms with E-state index in [2.05, 4.69) is 27.9 Å². The number of aryl methyl sites for hydroxylation is 1. The lowest BCUT2D eigenvalue weighted by molar-refractivity contribution is -0.122. The van der Waals surface area contributed by atoms with E-state index in [1.807, 2.05) is 28.9 Å². The summed E-state index contributed by atoms with van der Waals surface area (Å²) in [5.74, 6) is 0.139. The zero-order valence-corrected chi connectivity index (χ0v) is 14.6. The fourth-order valence-corrected chi connectivity index (χ4v) is 3.38. The molecule has 7 nitrogen and oxygen atoms in total. The summed E-state index contributed by atoms with van der Waals surface area (Å²) >= 11 is 0. The standard InChI is InChI=1S/C18H25N5O2/c1-2-18(11-9-17(25)20-18)10-8-16(24)19-12-5-13-23-15-7-4-3-6-14(15)21-22-23/h3-4,6-7H,2,5,8-13H2,1H3,(H,19,24)(H,20,25). The first-order valence-corrected chi connectivity index (χ1v) is 8.98. The zero-order chi connectivity index (χ0) is 17.7. The van der Waals surface area contributed by atoms with Gasteiger partial charge in [-0.3, -0.25) is 9.59 Å². The van der Waals surface area contributed by atoms with E-state index in [0.717, 1.165) is 36.8 Å². The van der Waals surface area contributed by atoms with E-state index < -0.39 is 0 Å². The molecule has 3 rings (SSSR count). The lowest BCUT2D eigenvalue weighted by Gasteiger charge is -2.27. The average molecular weight is 343 g/mol. The number of fused-ring (bicyclic) bond motifs is 1. The summed E-state index contributed by atoms with van der Waals surface area (Å²) in [6.07, 6.45) is 4.21. The molecule has 0 bridgehead atoms. The number of hydrogen-bond acceptors (Lipinski definition) is 4. The van der Waals surface area contributed by atoms with E-state index in [9.17, 15) is 9.59 Å². The Hall–Kier alpha value is -2.44. The van der Waals surface area contributed by atoms with Gasteiger partial charge in [-0.2, -0.15) is 0 Å². The normalized spacial score (nSPS) is 20.0. The molecule has 0 radical (unpaired) electrons. The Bertz CT molecular complexity index is 757. The number of benzene rings is 1. The Morgan fingerprint density at radius 3 is 3.00 bits per heavy atom. The van der Waals surface area contributed by atoms with E-state index in [1.54, 1.807) is 0 Å². The number of amides is 2. The number of nitrogens with one attached hydrogen (secondary N) is 2. The molecular weight excluding hydrogens is 318 g/mol. The number of aromatic nitrogens is 3. The van der Waals surface area contributed by atoms with Crippen molar-refractivity contribution >= 4 is 22.8 Å². The second kappa shape index (κ2) is 7.63. The second-order valence-corrected chi connectivity index (χ2v) is 6.69. The van der Waals surface area contributed by atoms with Gasteiger partial charge in [0.05, 0.1) is 5.52 Å². The molecule has 134 valence electrons. The summed E-state index contributed by atoms with van der Waals surface area (Å²) in [5.41, 5.74) is 1.71. The van der Waals surface area contributed by atoms with Gasteiger partial charge in [-0.25, -0.2) is 4.68 Å². The first kappa shape index (κ1) is 17.4. The van der Waals surface area contributed by atoms with Gasteiger partial charge in [-0.05, 0) is 37.8 Å². The molecule has 25 heavy (non-hydrogen) atoms. The van der Waals surface area contributed by atoms with E-state index >= 15 is 0 Å². The molecule has 0 saturated carbocycles. The van der Waals surface area contributed by atoms with Crippen LogP contribution in [-0.4, -0.2) is 38.9 Å². The molecule has 1 aliphatic heterocycles. The molecule has 2 aromatic rings. The van der Waals surface area contributed by atoms with Crippen molar-refractivity contribution in [3.05, 3.63) is 24.3 Å².